The Bertz CT molecular complexity index is 3100. The Morgan fingerprint density at radius 3 is 1.76 bits per heavy atom. The van der Waals surface area contributed by atoms with Crippen molar-refractivity contribution in [2.75, 3.05) is 9.34 Å². The van der Waals surface area contributed by atoms with Crippen molar-refractivity contribution < 1.29 is 8.98 Å². The molecule has 1 aliphatic heterocycles. The number of hydrogen-bond donors (Lipinski definition) is 0. The normalized spacial score (nSPS) is 15.5. The molecule has 10 aromatic rings. The van der Waals surface area contributed by atoms with E-state index in [-0.39, 0.29) is 0 Å². The number of anilines is 4. The van der Waals surface area contributed by atoms with Gasteiger partial charge >= 0.3 is 7.44 Å². The zero-order valence-corrected chi connectivity index (χ0v) is 30.0. The van der Waals surface area contributed by atoms with E-state index in [2.05, 4.69) is 100 Å². The number of nitrogens with zero attached hydrogens (tertiary/aromatic N) is 3. The quantitative estimate of drug-likeness (QED) is 0.167. The van der Waals surface area contributed by atoms with Crippen molar-refractivity contribution >= 4 is 79.2 Å². The average Bonchev–Trinajstić information content (AvgIpc) is 3.85. The summed E-state index contributed by atoms with van der Waals surface area (Å²) in [6.07, 6.45) is 0. The van der Waals surface area contributed by atoms with Gasteiger partial charge in [-0.25, -0.2) is 0 Å². The maximum Gasteiger partial charge on any atom is 0.301 e. The minimum atomic E-state index is -3.46. The van der Waals surface area contributed by atoms with Gasteiger partial charge in [0.15, 0.2) is 0 Å². The Hall–Kier alpha value is -6.81. The van der Waals surface area contributed by atoms with Crippen LogP contribution in [0.2, 0.25) is 0 Å². The molecule has 0 spiro atoms. The third-order valence-electron chi connectivity index (χ3n) is 10.7. The van der Waals surface area contributed by atoms with Gasteiger partial charge in [-0.05, 0) is 90.0 Å². The number of aromatic nitrogens is 1. The predicted molar refractivity (Wildman–Crippen MR) is 224 cm³/mol. The summed E-state index contributed by atoms with van der Waals surface area (Å²) in [7, 11) is -3.46. The fraction of sp³-hybridized carbons (Fsp3) is 0. The van der Waals surface area contributed by atoms with Crippen LogP contribution in [0.5, 0.6) is 0 Å². The van der Waals surface area contributed by atoms with Gasteiger partial charge in [-0.15, -0.1) is 0 Å². The number of furan rings is 1. The summed E-state index contributed by atoms with van der Waals surface area (Å²) in [6, 6.07) is 66.5. The van der Waals surface area contributed by atoms with Crippen molar-refractivity contribution in [2.24, 2.45) is 0 Å². The van der Waals surface area contributed by atoms with Gasteiger partial charge in [-0.1, -0.05) is 109 Å². The molecule has 0 radical (unpaired) electrons. The molecular formula is C48H32N3O2P. The highest BCUT2D eigenvalue weighted by molar-refractivity contribution is 7.76. The summed E-state index contributed by atoms with van der Waals surface area (Å²) in [5, 5.41) is 5.38. The number of para-hydroxylation sites is 4. The van der Waals surface area contributed by atoms with Crippen LogP contribution < -0.4 is 14.6 Å². The van der Waals surface area contributed by atoms with Crippen LogP contribution in [0.25, 0.3) is 60.6 Å². The number of benzene rings is 8. The molecule has 6 heteroatoms. The lowest BCUT2D eigenvalue weighted by Crippen LogP contribution is -2.26. The molecule has 1 aliphatic rings. The smallest absolute Gasteiger partial charge is 0.301 e. The number of fused-ring (bicyclic) bond motifs is 7. The van der Waals surface area contributed by atoms with E-state index >= 15 is 4.57 Å². The summed E-state index contributed by atoms with van der Waals surface area (Å²) in [4.78, 5) is 0. The highest BCUT2D eigenvalue weighted by Crippen LogP contribution is 2.70. The molecule has 3 heterocycles. The first kappa shape index (κ1) is 30.8. The summed E-state index contributed by atoms with van der Waals surface area (Å²) < 4.78 is 28.8. The van der Waals surface area contributed by atoms with Crippen molar-refractivity contribution in [1.29, 1.82) is 0 Å². The summed E-state index contributed by atoms with van der Waals surface area (Å²) in [5.74, 6) is 0. The number of rotatable bonds is 5. The highest BCUT2D eigenvalue weighted by atomic mass is 31.2. The zero-order valence-electron chi connectivity index (χ0n) is 29.1. The van der Waals surface area contributed by atoms with Gasteiger partial charge in [0.05, 0.1) is 27.7 Å². The molecule has 0 saturated heterocycles. The van der Waals surface area contributed by atoms with Crippen LogP contribution in [0.1, 0.15) is 0 Å². The predicted octanol–water partition coefficient (Wildman–Crippen LogP) is 13.2. The van der Waals surface area contributed by atoms with Crippen LogP contribution in [-0.4, -0.2) is 4.57 Å². The van der Waals surface area contributed by atoms with E-state index < -0.39 is 7.44 Å². The van der Waals surface area contributed by atoms with Gasteiger partial charge in [0, 0.05) is 44.7 Å². The second kappa shape index (κ2) is 11.9. The van der Waals surface area contributed by atoms with Crippen molar-refractivity contribution in [3.05, 3.63) is 194 Å². The van der Waals surface area contributed by atoms with Crippen molar-refractivity contribution in [3.63, 3.8) is 0 Å². The largest absolute Gasteiger partial charge is 0.456 e. The van der Waals surface area contributed by atoms with Crippen molar-refractivity contribution in [1.82, 2.24) is 4.57 Å². The molecule has 0 N–H and O–H groups in total. The molecule has 8 aromatic carbocycles. The maximum atomic E-state index is 16.0. The summed E-state index contributed by atoms with van der Waals surface area (Å²) in [6.45, 7) is 0. The summed E-state index contributed by atoms with van der Waals surface area (Å²) in [5.41, 5.74) is 10.7. The third kappa shape index (κ3) is 4.49. The lowest BCUT2D eigenvalue weighted by Gasteiger charge is -2.33. The van der Waals surface area contributed by atoms with Gasteiger partial charge < -0.3 is 8.98 Å². The molecule has 11 rings (SSSR count). The fourth-order valence-electron chi connectivity index (χ4n) is 8.31. The van der Waals surface area contributed by atoms with Gasteiger partial charge in [0.2, 0.25) is 0 Å². The lowest BCUT2D eigenvalue weighted by atomic mass is 10.0. The highest BCUT2D eigenvalue weighted by Gasteiger charge is 2.49. The van der Waals surface area contributed by atoms with E-state index in [9.17, 15) is 0 Å². The van der Waals surface area contributed by atoms with E-state index in [4.69, 9.17) is 4.42 Å². The second-order valence-electron chi connectivity index (χ2n) is 13.7. The monoisotopic (exact) mass is 713 g/mol. The first-order chi connectivity index (χ1) is 26.7. The van der Waals surface area contributed by atoms with E-state index in [0.29, 0.717) is 0 Å². The van der Waals surface area contributed by atoms with E-state index in [1.807, 2.05) is 108 Å². The molecule has 0 amide bonds. The Morgan fingerprint density at radius 1 is 0.389 bits per heavy atom. The molecule has 1 unspecified atom stereocenters. The van der Waals surface area contributed by atoms with Crippen molar-refractivity contribution in [3.8, 4) is 16.8 Å². The number of hydrogen-bond acceptors (Lipinski definition) is 2. The maximum absolute atomic E-state index is 16.0. The molecule has 0 saturated carbocycles. The molecule has 2 aromatic heterocycles. The SMILES string of the molecule is O=P1(c2ccccc2)N(c2ccccc2)c2ccc(-c3cccc(-n4c5ccccc5c5cc6c(cc54)oc4ccccc46)c3)cc2N1c1ccccc1. The first-order valence-corrected chi connectivity index (χ1v) is 19.7. The Balaban J connectivity index is 1.11. The Kier molecular flexibility index (Phi) is 6.76. The third-order valence-corrected chi connectivity index (χ3v) is 13.6. The zero-order chi connectivity index (χ0) is 35.8. The standard InChI is InChI=1S/C48H32N3O2P/c52-54(38-21-8-3-9-22-38)50(35-16-4-1-5-17-35)44-28-27-34(30-46(44)51(54)36-18-6-2-7-19-36)33-15-14-20-37(29-33)49-43-25-12-10-23-39(43)41-31-42-40-24-11-13-26-47(40)53-48(42)32-45(41)49/h1-32H. The van der Waals surface area contributed by atoms with Crippen LogP contribution in [0.3, 0.4) is 0 Å². The second-order valence-corrected chi connectivity index (χ2v) is 16.1. The minimum absolute atomic E-state index is 0.766. The average molecular weight is 714 g/mol. The summed E-state index contributed by atoms with van der Waals surface area (Å²) >= 11 is 0. The van der Waals surface area contributed by atoms with Gasteiger partial charge in [0.25, 0.3) is 0 Å². The van der Waals surface area contributed by atoms with Crippen LogP contribution in [0.15, 0.2) is 199 Å². The first-order valence-electron chi connectivity index (χ1n) is 18.1. The molecular weight excluding hydrogens is 682 g/mol. The van der Waals surface area contributed by atoms with Crippen LogP contribution in [-0.2, 0) is 4.57 Å². The van der Waals surface area contributed by atoms with E-state index in [1.54, 1.807) is 0 Å². The lowest BCUT2D eigenvalue weighted by molar-refractivity contribution is 0.582. The van der Waals surface area contributed by atoms with Crippen LogP contribution in [0.4, 0.5) is 22.7 Å². The van der Waals surface area contributed by atoms with Crippen molar-refractivity contribution in [2.45, 2.75) is 0 Å². The van der Waals surface area contributed by atoms with Gasteiger partial charge in [-0.2, -0.15) is 0 Å². The van der Waals surface area contributed by atoms with Crippen LogP contribution in [0, 0.1) is 0 Å². The Morgan fingerprint density at radius 2 is 1.00 bits per heavy atom. The fourth-order valence-corrected chi connectivity index (χ4v) is 11.3. The van der Waals surface area contributed by atoms with Gasteiger partial charge in [-0.3, -0.25) is 13.9 Å². The minimum Gasteiger partial charge on any atom is -0.456 e. The molecule has 54 heavy (non-hydrogen) atoms. The topological polar surface area (TPSA) is 41.6 Å². The van der Waals surface area contributed by atoms with Gasteiger partial charge in [0.1, 0.15) is 11.2 Å². The molecule has 5 nitrogen and oxygen atoms in total. The molecule has 0 fully saturated rings. The molecule has 256 valence electrons. The Labute approximate surface area is 312 Å². The van der Waals surface area contributed by atoms with E-state index in [1.165, 1.54) is 10.8 Å². The van der Waals surface area contributed by atoms with Crippen LogP contribution >= 0.6 is 7.44 Å². The molecule has 0 bridgehead atoms. The van der Waals surface area contributed by atoms with E-state index in [0.717, 1.165) is 77.8 Å². The molecule has 0 aliphatic carbocycles. The molecule has 1 atom stereocenters.